The van der Waals surface area contributed by atoms with Gasteiger partial charge in [-0.15, -0.1) is 0 Å². The van der Waals surface area contributed by atoms with Crippen molar-refractivity contribution in [3.8, 4) is 0 Å². The van der Waals surface area contributed by atoms with Crippen molar-refractivity contribution in [2.24, 2.45) is 0 Å². The van der Waals surface area contributed by atoms with Gasteiger partial charge in [0.2, 0.25) is 0 Å². The minimum Gasteiger partial charge on any atom is -0.378 e. The number of methoxy groups -OCH3 is 1. The standard InChI is InChI=1S/C11H16BrN3O/c1-7-8(12)3-4-11(14-7)15-9-5-13-6-10(9)16-2/h3-4,9-10,13H,5-6H2,1-2H3,(H,14,15)/t9?,10-/m0/s1. The second-order valence-electron chi connectivity index (χ2n) is 3.95. The molecule has 1 aromatic rings. The van der Waals surface area contributed by atoms with Crippen LogP contribution in [0.5, 0.6) is 0 Å². The summed E-state index contributed by atoms with van der Waals surface area (Å²) in [7, 11) is 1.74. The van der Waals surface area contributed by atoms with Gasteiger partial charge in [0.15, 0.2) is 0 Å². The summed E-state index contributed by atoms with van der Waals surface area (Å²) in [5.41, 5.74) is 0.991. The Morgan fingerprint density at radius 3 is 3.00 bits per heavy atom. The molecule has 1 unspecified atom stereocenters. The predicted molar refractivity (Wildman–Crippen MR) is 67.8 cm³/mol. The van der Waals surface area contributed by atoms with E-state index in [1.165, 1.54) is 0 Å². The molecule has 2 heterocycles. The molecule has 5 heteroatoms. The summed E-state index contributed by atoms with van der Waals surface area (Å²) in [5, 5.41) is 6.69. The number of pyridine rings is 1. The lowest BCUT2D eigenvalue weighted by Crippen LogP contribution is -2.33. The monoisotopic (exact) mass is 285 g/mol. The van der Waals surface area contributed by atoms with Crippen molar-refractivity contribution in [3.63, 3.8) is 0 Å². The topological polar surface area (TPSA) is 46.2 Å². The number of anilines is 1. The highest BCUT2D eigenvalue weighted by Crippen LogP contribution is 2.18. The van der Waals surface area contributed by atoms with Crippen LogP contribution in [0.4, 0.5) is 5.82 Å². The number of hydrogen-bond acceptors (Lipinski definition) is 4. The molecule has 4 nitrogen and oxygen atoms in total. The first-order valence-electron chi connectivity index (χ1n) is 5.34. The van der Waals surface area contributed by atoms with Crippen molar-refractivity contribution in [1.29, 1.82) is 0 Å². The normalized spacial score (nSPS) is 24.7. The number of hydrogen-bond donors (Lipinski definition) is 2. The largest absolute Gasteiger partial charge is 0.378 e. The van der Waals surface area contributed by atoms with Gasteiger partial charge in [0, 0.05) is 24.7 Å². The molecule has 88 valence electrons. The Bertz CT molecular complexity index is 372. The van der Waals surface area contributed by atoms with Gasteiger partial charge in [-0.2, -0.15) is 0 Å². The van der Waals surface area contributed by atoms with Crippen LogP contribution in [-0.4, -0.2) is 37.3 Å². The fourth-order valence-electron chi connectivity index (χ4n) is 1.86. The number of aryl methyl sites for hydroxylation is 1. The molecular formula is C11H16BrN3O. The Labute approximate surface area is 104 Å². The molecule has 0 radical (unpaired) electrons. The second kappa shape index (κ2) is 5.12. The summed E-state index contributed by atoms with van der Waals surface area (Å²) in [5.74, 6) is 0.899. The highest BCUT2D eigenvalue weighted by Gasteiger charge is 2.26. The first-order valence-corrected chi connectivity index (χ1v) is 6.13. The SMILES string of the molecule is CO[C@H]1CNCC1Nc1ccc(Br)c(C)n1. The Kier molecular flexibility index (Phi) is 3.78. The minimum absolute atomic E-state index is 0.214. The van der Waals surface area contributed by atoms with Crippen LogP contribution in [-0.2, 0) is 4.74 Å². The lowest BCUT2D eigenvalue weighted by Gasteiger charge is -2.19. The summed E-state index contributed by atoms with van der Waals surface area (Å²) in [4.78, 5) is 4.46. The molecule has 0 spiro atoms. The van der Waals surface area contributed by atoms with Crippen LogP contribution >= 0.6 is 15.9 Å². The maximum atomic E-state index is 5.39. The smallest absolute Gasteiger partial charge is 0.126 e. The predicted octanol–water partition coefficient (Wildman–Crippen LogP) is 1.55. The molecule has 0 saturated carbocycles. The van der Waals surface area contributed by atoms with E-state index in [2.05, 4.69) is 31.5 Å². The summed E-state index contributed by atoms with van der Waals surface area (Å²) in [6.07, 6.45) is 0.214. The van der Waals surface area contributed by atoms with Crippen LogP contribution in [0, 0.1) is 6.92 Å². The Balaban J connectivity index is 2.05. The van der Waals surface area contributed by atoms with E-state index in [4.69, 9.17) is 4.74 Å². The van der Waals surface area contributed by atoms with Gasteiger partial charge >= 0.3 is 0 Å². The molecule has 2 atom stereocenters. The van der Waals surface area contributed by atoms with Crippen LogP contribution in [0.15, 0.2) is 16.6 Å². The number of rotatable bonds is 3. The maximum absolute atomic E-state index is 5.39. The Hall–Kier alpha value is -0.650. The number of ether oxygens (including phenoxy) is 1. The number of nitrogens with one attached hydrogen (secondary N) is 2. The zero-order valence-corrected chi connectivity index (χ0v) is 11.0. The molecule has 0 aliphatic carbocycles. The Morgan fingerprint density at radius 1 is 1.50 bits per heavy atom. The molecule has 1 fully saturated rings. The highest BCUT2D eigenvalue weighted by atomic mass is 79.9. The third-order valence-electron chi connectivity index (χ3n) is 2.82. The highest BCUT2D eigenvalue weighted by molar-refractivity contribution is 9.10. The molecule has 1 saturated heterocycles. The molecule has 1 aromatic heterocycles. The summed E-state index contributed by atoms with van der Waals surface area (Å²) in [6.45, 7) is 3.79. The minimum atomic E-state index is 0.214. The Morgan fingerprint density at radius 2 is 2.31 bits per heavy atom. The van der Waals surface area contributed by atoms with E-state index in [1.54, 1.807) is 7.11 Å². The zero-order chi connectivity index (χ0) is 11.5. The van der Waals surface area contributed by atoms with Gasteiger partial charge in [0.05, 0.1) is 17.8 Å². The van der Waals surface area contributed by atoms with Crippen molar-refractivity contribution >= 4 is 21.7 Å². The lowest BCUT2D eigenvalue weighted by molar-refractivity contribution is 0.111. The average molecular weight is 286 g/mol. The van der Waals surface area contributed by atoms with E-state index in [-0.39, 0.29) is 12.1 Å². The van der Waals surface area contributed by atoms with Crippen LogP contribution in [0.3, 0.4) is 0 Å². The van der Waals surface area contributed by atoms with E-state index in [1.807, 2.05) is 19.1 Å². The fraction of sp³-hybridized carbons (Fsp3) is 0.545. The van der Waals surface area contributed by atoms with Crippen molar-refractivity contribution < 1.29 is 4.74 Å². The summed E-state index contributed by atoms with van der Waals surface area (Å²) in [6, 6.07) is 4.27. The quantitative estimate of drug-likeness (QED) is 0.885. The van der Waals surface area contributed by atoms with E-state index in [0.29, 0.717) is 0 Å². The zero-order valence-electron chi connectivity index (χ0n) is 9.46. The van der Waals surface area contributed by atoms with E-state index in [9.17, 15) is 0 Å². The molecule has 1 aliphatic rings. The summed E-state index contributed by atoms with van der Waals surface area (Å²) >= 11 is 3.44. The molecular weight excluding hydrogens is 270 g/mol. The van der Waals surface area contributed by atoms with Crippen LogP contribution in [0.1, 0.15) is 5.69 Å². The molecule has 2 N–H and O–H groups in total. The van der Waals surface area contributed by atoms with Crippen LogP contribution in [0.25, 0.3) is 0 Å². The molecule has 0 aromatic carbocycles. The third kappa shape index (κ3) is 2.53. The van der Waals surface area contributed by atoms with Gasteiger partial charge in [-0.1, -0.05) is 0 Å². The van der Waals surface area contributed by atoms with Gasteiger partial charge in [0.1, 0.15) is 5.82 Å². The van der Waals surface area contributed by atoms with Gasteiger partial charge in [-0.05, 0) is 35.0 Å². The number of nitrogens with zero attached hydrogens (tertiary/aromatic N) is 1. The maximum Gasteiger partial charge on any atom is 0.126 e. The molecule has 2 rings (SSSR count). The van der Waals surface area contributed by atoms with Crippen LogP contribution in [0.2, 0.25) is 0 Å². The van der Waals surface area contributed by atoms with Gasteiger partial charge < -0.3 is 15.4 Å². The van der Waals surface area contributed by atoms with Gasteiger partial charge in [0.25, 0.3) is 0 Å². The van der Waals surface area contributed by atoms with Gasteiger partial charge in [-0.3, -0.25) is 0 Å². The number of aromatic nitrogens is 1. The first kappa shape index (κ1) is 11.8. The summed E-state index contributed by atoms with van der Waals surface area (Å²) < 4.78 is 6.42. The van der Waals surface area contributed by atoms with E-state index < -0.39 is 0 Å². The molecule has 0 amide bonds. The van der Waals surface area contributed by atoms with Crippen LogP contribution < -0.4 is 10.6 Å². The molecule has 0 bridgehead atoms. The number of halogens is 1. The fourth-order valence-corrected chi connectivity index (χ4v) is 2.08. The molecule has 1 aliphatic heterocycles. The van der Waals surface area contributed by atoms with E-state index in [0.717, 1.165) is 29.1 Å². The van der Waals surface area contributed by atoms with Crippen molar-refractivity contribution in [2.45, 2.75) is 19.1 Å². The molecule has 16 heavy (non-hydrogen) atoms. The van der Waals surface area contributed by atoms with Crippen molar-refractivity contribution in [1.82, 2.24) is 10.3 Å². The van der Waals surface area contributed by atoms with Crippen molar-refractivity contribution in [2.75, 3.05) is 25.5 Å². The average Bonchev–Trinajstić information content (AvgIpc) is 2.71. The van der Waals surface area contributed by atoms with Gasteiger partial charge in [-0.25, -0.2) is 4.98 Å². The second-order valence-corrected chi connectivity index (χ2v) is 4.80. The van der Waals surface area contributed by atoms with E-state index >= 15 is 0 Å². The third-order valence-corrected chi connectivity index (χ3v) is 3.65. The lowest BCUT2D eigenvalue weighted by atomic mass is 10.2. The first-order chi connectivity index (χ1) is 7.70. The van der Waals surface area contributed by atoms with Crippen molar-refractivity contribution in [3.05, 3.63) is 22.3 Å².